The normalized spacial score (nSPS) is 12.4. The van der Waals surface area contributed by atoms with E-state index in [1.165, 1.54) is 26.5 Å². The number of methoxy groups -OCH3 is 3. The maximum absolute atomic E-state index is 13.4. The van der Waals surface area contributed by atoms with Crippen molar-refractivity contribution in [2.45, 2.75) is 61.5 Å². The third kappa shape index (κ3) is 21.1. The number of hydrogen-bond acceptors (Lipinski definition) is 12. The summed E-state index contributed by atoms with van der Waals surface area (Å²) in [7, 11) is 4.57. The number of ether oxygens (including phenoxy) is 8. The summed E-state index contributed by atoms with van der Waals surface area (Å²) in [4.78, 5) is 44.2. The van der Waals surface area contributed by atoms with Gasteiger partial charge >= 0.3 is 24.1 Å². The van der Waals surface area contributed by atoms with Crippen molar-refractivity contribution in [3.63, 3.8) is 0 Å². The molecule has 2 aromatic rings. The highest BCUT2D eigenvalue weighted by atomic mass is 19.2. The Morgan fingerprint density at radius 1 is 0.585 bits per heavy atom. The van der Waals surface area contributed by atoms with Gasteiger partial charge in [-0.25, -0.2) is 18.0 Å². The third-order valence-corrected chi connectivity index (χ3v) is 6.15. The molecule has 2 unspecified atom stereocenters. The van der Waals surface area contributed by atoms with Crippen LogP contribution < -0.4 is 4.74 Å². The molecule has 0 N–H and O–H groups in total. The molecule has 0 saturated heterocycles. The van der Waals surface area contributed by atoms with Gasteiger partial charge in [0, 0.05) is 41.6 Å². The van der Waals surface area contributed by atoms with Crippen LogP contribution in [0.5, 0.6) is 5.75 Å². The molecule has 0 aliphatic carbocycles. The molecule has 53 heavy (non-hydrogen) atoms. The van der Waals surface area contributed by atoms with E-state index in [0.717, 1.165) is 6.92 Å². The molecule has 0 spiro atoms. The van der Waals surface area contributed by atoms with Crippen LogP contribution in [-0.4, -0.2) is 85.0 Å². The standard InChI is InChI=1S/C15H15F5O6.C11H20O5.C8H10O.C2H6/c1-7(21)24-5-15(2,4-23-3)6-25-14(22)26-13-11(19)9(17)8(16)10(18)12(13)20;1-5-10(13)16-8-11(3,6-14-4)7-15-9(2)12;1-9-7-8-5-3-2-4-6-8;1-2/h4-6H2,1-3H3;5-8H2,1-4H3;2-6H,7H2,1H3;1-2H3. The Labute approximate surface area is 307 Å². The second kappa shape index (κ2) is 27.3. The van der Waals surface area contributed by atoms with Gasteiger partial charge in [-0.15, -0.1) is 0 Å². The van der Waals surface area contributed by atoms with Gasteiger partial charge in [0.25, 0.3) is 0 Å². The fraction of sp³-hybridized carbons (Fsp3) is 0.556. The van der Waals surface area contributed by atoms with Crippen LogP contribution in [0.25, 0.3) is 0 Å². The van der Waals surface area contributed by atoms with Gasteiger partial charge in [0.05, 0.1) is 30.7 Å². The van der Waals surface area contributed by atoms with E-state index in [1.807, 2.05) is 51.1 Å². The van der Waals surface area contributed by atoms with E-state index >= 15 is 0 Å². The molecular weight excluding hydrogens is 719 g/mol. The van der Waals surface area contributed by atoms with E-state index in [-0.39, 0.29) is 38.4 Å². The van der Waals surface area contributed by atoms with Crippen LogP contribution in [0, 0.1) is 39.9 Å². The predicted molar refractivity (Wildman–Crippen MR) is 181 cm³/mol. The van der Waals surface area contributed by atoms with E-state index < -0.39 is 64.4 Å². The van der Waals surface area contributed by atoms with Crippen LogP contribution in [0.2, 0.25) is 0 Å². The van der Waals surface area contributed by atoms with Gasteiger partial charge in [-0.3, -0.25) is 14.4 Å². The molecule has 0 bridgehead atoms. The molecule has 0 fully saturated rings. The smallest absolute Gasteiger partial charge is 0.465 e. The average Bonchev–Trinajstić information content (AvgIpc) is 3.14. The van der Waals surface area contributed by atoms with Crippen molar-refractivity contribution >= 4 is 24.1 Å². The Morgan fingerprint density at radius 3 is 1.36 bits per heavy atom. The van der Waals surface area contributed by atoms with Gasteiger partial charge in [0.1, 0.15) is 26.4 Å². The van der Waals surface area contributed by atoms with Crippen LogP contribution in [0.4, 0.5) is 26.7 Å². The zero-order valence-electron chi connectivity index (χ0n) is 31.8. The monoisotopic (exact) mass is 770 g/mol. The zero-order chi connectivity index (χ0) is 41.2. The van der Waals surface area contributed by atoms with Crippen LogP contribution in [0.3, 0.4) is 0 Å². The molecule has 2 atom stereocenters. The minimum Gasteiger partial charge on any atom is -0.465 e. The molecule has 0 aromatic heterocycles. The van der Waals surface area contributed by atoms with Crippen molar-refractivity contribution in [2.24, 2.45) is 10.8 Å². The number of carbonyl (C=O) groups excluding carboxylic acids is 4. The fourth-order valence-corrected chi connectivity index (χ4v) is 3.62. The van der Waals surface area contributed by atoms with Crippen LogP contribution in [-0.2, 0) is 54.1 Å². The molecular formula is C36H51F5O12. The van der Waals surface area contributed by atoms with E-state index in [0.29, 0.717) is 19.6 Å². The minimum atomic E-state index is -2.39. The zero-order valence-corrected chi connectivity index (χ0v) is 31.8. The highest BCUT2D eigenvalue weighted by molar-refractivity contribution is 5.69. The minimum absolute atomic E-state index is 0.0455. The van der Waals surface area contributed by atoms with Crippen molar-refractivity contribution in [2.75, 3.05) is 61.0 Å². The molecule has 2 rings (SSSR count). The molecule has 12 nitrogen and oxygen atoms in total. The number of benzene rings is 2. The second-order valence-corrected chi connectivity index (χ2v) is 11.5. The molecule has 0 heterocycles. The number of esters is 3. The van der Waals surface area contributed by atoms with Crippen LogP contribution in [0.1, 0.15) is 60.5 Å². The Balaban J connectivity index is 0. The van der Waals surface area contributed by atoms with Gasteiger partial charge in [-0.2, -0.15) is 8.78 Å². The highest BCUT2D eigenvalue weighted by Crippen LogP contribution is 2.29. The van der Waals surface area contributed by atoms with Crippen LogP contribution >= 0.6 is 0 Å². The molecule has 0 aliphatic rings. The lowest BCUT2D eigenvalue weighted by Gasteiger charge is -2.27. The first-order valence-corrected chi connectivity index (χ1v) is 16.2. The Hall–Kier alpha value is -4.35. The highest BCUT2D eigenvalue weighted by Gasteiger charge is 2.32. The Kier molecular flexibility index (Phi) is 26.1. The SMILES string of the molecule is CC.CCC(=O)OCC(C)(COC)COC(C)=O.COCC(C)(COC(C)=O)COC(=O)Oc1c(F)c(F)c(F)c(F)c1F.COCc1ccccc1. The summed E-state index contributed by atoms with van der Waals surface area (Å²) in [6, 6.07) is 10.1. The van der Waals surface area contributed by atoms with Gasteiger partial charge in [-0.1, -0.05) is 65.0 Å². The summed E-state index contributed by atoms with van der Waals surface area (Å²) in [6.07, 6.45) is -1.39. The van der Waals surface area contributed by atoms with Crippen molar-refractivity contribution in [1.82, 2.24) is 0 Å². The topological polar surface area (TPSA) is 142 Å². The summed E-state index contributed by atoms with van der Waals surface area (Å²) < 4.78 is 104. The lowest BCUT2D eigenvalue weighted by molar-refractivity contribution is -0.154. The molecule has 17 heteroatoms. The molecule has 2 aromatic carbocycles. The van der Waals surface area contributed by atoms with Crippen molar-refractivity contribution in [3.8, 4) is 5.75 Å². The van der Waals surface area contributed by atoms with E-state index in [9.17, 15) is 41.1 Å². The molecule has 0 amide bonds. The van der Waals surface area contributed by atoms with Crippen molar-refractivity contribution in [1.29, 1.82) is 0 Å². The predicted octanol–water partition coefficient (Wildman–Crippen LogP) is 7.13. The summed E-state index contributed by atoms with van der Waals surface area (Å²) >= 11 is 0. The van der Waals surface area contributed by atoms with E-state index in [2.05, 4.69) is 9.47 Å². The third-order valence-electron chi connectivity index (χ3n) is 6.15. The molecule has 0 radical (unpaired) electrons. The van der Waals surface area contributed by atoms with Gasteiger partial charge in [0.2, 0.25) is 34.8 Å². The molecule has 302 valence electrons. The lowest BCUT2D eigenvalue weighted by Crippen LogP contribution is -2.36. The summed E-state index contributed by atoms with van der Waals surface area (Å²) in [5.41, 5.74) is -0.318. The Bertz CT molecular complexity index is 1370. The van der Waals surface area contributed by atoms with Gasteiger partial charge in [0.15, 0.2) is 0 Å². The van der Waals surface area contributed by atoms with Crippen molar-refractivity contribution < 1.29 is 79.0 Å². The number of rotatable bonds is 16. The fourth-order valence-electron chi connectivity index (χ4n) is 3.62. The summed E-state index contributed by atoms with van der Waals surface area (Å²) in [6.45, 7) is 12.2. The number of carbonyl (C=O) groups is 4. The maximum atomic E-state index is 13.4. The summed E-state index contributed by atoms with van der Waals surface area (Å²) in [5, 5.41) is 0. The maximum Gasteiger partial charge on any atom is 0.514 e. The largest absolute Gasteiger partial charge is 0.514 e. The quantitative estimate of drug-likeness (QED) is 0.0428. The van der Waals surface area contributed by atoms with Crippen LogP contribution in [0.15, 0.2) is 30.3 Å². The van der Waals surface area contributed by atoms with E-state index in [4.69, 9.17) is 28.4 Å². The average molecular weight is 771 g/mol. The van der Waals surface area contributed by atoms with Crippen molar-refractivity contribution in [3.05, 3.63) is 65.0 Å². The first kappa shape index (κ1) is 50.8. The summed E-state index contributed by atoms with van der Waals surface area (Å²) in [5.74, 6) is -14.6. The molecule has 0 saturated carbocycles. The number of hydrogen-bond donors (Lipinski definition) is 0. The first-order valence-electron chi connectivity index (χ1n) is 16.2. The lowest BCUT2D eigenvalue weighted by atomic mass is 9.94. The van der Waals surface area contributed by atoms with Gasteiger partial charge < -0.3 is 37.9 Å². The van der Waals surface area contributed by atoms with Gasteiger partial charge in [-0.05, 0) is 5.56 Å². The second-order valence-electron chi connectivity index (χ2n) is 11.5. The van der Waals surface area contributed by atoms with E-state index in [1.54, 1.807) is 21.1 Å². The Morgan fingerprint density at radius 2 is 0.981 bits per heavy atom. The first-order chi connectivity index (χ1) is 24.9. The molecule has 0 aliphatic heterocycles. The number of halogens is 5.